The van der Waals surface area contributed by atoms with Gasteiger partial charge in [0.15, 0.2) is 11.6 Å². The molecule has 3 nitrogen and oxygen atoms in total. The minimum atomic E-state index is 0.413. The summed E-state index contributed by atoms with van der Waals surface area (Å²) in [5.41, 5.74) is 6.53. The topological polar surface area (TPSA) is 52.0 Å². The van der Waals surface area contributed by atoms with Gasteiger partial charge in [0, 0.05) is 16.5 Å². The molecule has 2 N–H and O–H groups in total. The Bertz CT molecular complexity index is 439. The smallest absolute Gasteiger partial charge is 0.170 e. The molecule has 0 fully saturated rings. The highest BCUT2D eigenvalue weighted by Crippen LogP contribution is 2.30. The van der Waals surface area contributed by atoms with Crippen molar-refractivity contribution in [2.24, 2.45) is 0 Å². The van der Waals surface area contributed by atoms with Crippen molar-refractivity contribution in [1.82, 2.24) is 5.16 Å². The lowest BCUT2D eigenvalue weighted by atomic mass is 10.2. The predicted octanol–water partition coefficient (Wildman–Crippen LogP) is 2.65. The first-order valence-corrected chi connectivity index (χ1v) is 5.39. The second-order valence-corrected chi connectivity index (χ2v) is 3.66. The van der Waals surface area contributed by atoms with E-state index in [0.29, 0.717) is 11.6 Å². The first-order valence-electron chi connectivity index (χ1n) is 4.17. The molecule has 2 rings (SSSR count). The maximum absolute atomic E-state index is 5.50. The van der Waals surface area contributed by atoms with Gasteiger partial charge in [-0.25, -0.2) is 0 Å². The van der Waals surface area contributed by atoms with Crippen LogP contribution in [0, 0.1) is 0 Å². The van der Waals surface area contributed by atoms with E-state index in [1.54, 1.807) is 17.8 Å². The van der Waals surface area contributed by atoms with E-state index in [2.05, 4.69) is 5.16 Å². The van der Waals surface area contributed by atoms with Crippen LogP contribution < -0.4 is 5.73 Å². The summed E-state index contributed by atoms with van der Waals surface area (Å²) in [7, 11) is 0. The van der Waals surface area contributed by atoms with Gasteiger partial charge < -0.3 is 10.3 Å². The van der Waals surface area contributed by atoms with Crippen LogP contribution in [0.25, 0.3) is 11.3 Å². The molecule has 0 bridgehead atoms. The monoisotopic (exact) mass is 206 g/mol. The van der Waals surface area contributed by atoms with E-state index in [1.807, 2.05) is 30.5 Å². The molecule has 0 saturated heterocycles. The number of benzene rings is 1. The molecule has 2 aromatic rings. The third-order valence-electron chi connectivity index (χ3n) is 1.90. The van der Waals surface area contributed by atoms with Gasteiger partial charge in [0.25, 0.3) is 0 Å². The lowest BCUT2D eigenvalue weighted by Gasteiger charge is -2.01. The van der Waals surface area contributed by atoms with Crippen LogP contribution in [-0.4, -0.2) is 11.4 Å². The molecule has 0 saturated carbocycles. The summed E-state index contributed by atoms with van der Waals surface area (Å²) < 4.78 is 5.10. The second-order valence-electron chi connectivity index (χ2n) is 2.82. The fraction of sp³-hybridized carbons (Fsp3) is 0.100. The zero-order valence-corrected chi connectivity index (χ0v) is 8.54. The van der Waals surface area contributed by atoms with E-state index in [-0.39, 0.29) is 0 Å². The Morgan fingerprint density at radius 2 is 2.14 bits per heavy atom. The summed E-state index contributed by atoms with van der Waals surface area (Å²) in [5.74, 6) is 1.13. The van der Waals surface area contributed by atoms with E-state index < -0.39 is 0 Å². The molecule has 1 heterocycles. The average Bonchev–Trinajstić information content (AvgIpc) is 2.65. The van der Waals surface area contributed by atoms with Crippen LogP contribution in [0.2, 0.25) is 0 Å². The van der Waals surface area contributed by atoms with E-state index >= 15 is 0 Å². The Kier molecular flexibility index (Phi) is 2.45. The quantitative estimate of drug-likeness (QED) is 0.767. The van der Waals surface area contributed by atoms with Gasteiger partial charge in [-0.15, -0.1) is 11.8 Å². The number of nitrogens with two attached hydrogens (primary N) is 1. The van der Waals surface area contributed by atoms with E-state index in [1.165, 1.54) is 0 Å². The van der Waals surface area contributed by atoms with Crippen LogP contribution in [0.15, 0.2) is 39.8 Å². The molecule has 0 atom stereocenters. The Hall–Kier alpha value is -1.42. The van der Waals surface area contributed by atoms with Gasteiger partial charge in [-0.2, -0.15) is 0 Å². The van der Waals surface area contributed by atoms with Crippen LogP contribution in [0.1, 0.15) is 0 Å². The van der Waals surface area contributed by atoms with Crippen molar-refractivity contribution in [3.05, 3.63) is 30.3 Å². The van der Waals surface area contributed by atoms with Crippen LogP contribution >= 0.6 is 11.8 Å². The molecule has 0 unspecified atom stereocenters. The number of nitrogen functional groups attached to an aromatic ring is 1. The van der Waals surface area contributed by atoms with Gasteiger partial charge in [-0.1, -0.05) is 17.3 Å². The van der Waals surface area contributed by atoms with Crippen LogP contribution in [-0.2, 0) is 0 Å². The lowest BCUT2D eigenvalue weighted by Crippen LogP contribution is -1.80. The molecule has 0 radical (unpaired) electrons. The molecule has 0 aliphatic heterocycles. The maximum atomic E-state index is 5.50. The Labute approximate surface area is 86.3 Å². The minimum absolute atomic E-state index is 0.413. The first kappa shape index (κ1) is 9.15. The molecule has 0 amide bonds. The third-order valence-corrected chi connectivity index (χ3v) is 2.70. The maximum Gasteiger partial charge on any atom is 0.170 e. The summed E-state index contributed by atoms with van der Waals surface area (Å²) in [4.78, 5) is 1.16. The third kappa shape index (κ3) is 1.61. The molecule has 14 heavy (non-hydrogen) atoms. The number of nitrogens with zero attached hydrogens (tertiary/aromatic N) is 1. The van der Waals surface area contributed by atoms with E-state index in [0.717, 1.165) is 10.5 Å². The Morgan fingerprint density at radius 3 is 2.79 bits per heavy atom. The van der Waals surface area contributed by atoms with Gasteiger partial charge in [0.05, 0.1) is 0 Å². The summed E-state index contributed by atoms with van der Waals surface area (Å²) >= 11 is 1.67. The van der Waals surface area contributed by atoms with Gasteiger partial charge in [0.2, 0.25) is 0 Å². The molecule has 0 aliphatic carbocycles. The van der Waals surface area contributed by atoms with Crippen LogP contribution in [0.4, 0.5) is 5.82 Å². The molecular weight excluding hydrogens is 196 g/mol. The number of anilines is 1. The number of hydrogen-bond donors (Lipinski definition) is 1. The average molecular weight is 206 g/mol. The zero-order chi connectivity index (χ0) is 9.97. The number of aromatic nitrogens is 1. The molecule has 0 spiro atoms. The van der Waals surface area contributed by atoms with E-state index in [4.69, 9.17) is 10.3 Å². The summed E-state index contributed by atoms with van der Waals surface area (Å²) in [6.07, 6.45) is 2.03. The molecule has 1 aromatic carbocycles. The zero-order valence-electron chi connectivity index (χ0n) is 7.73. The van der Waals surface area contributed by atoms with Crippen molar-refractivity contribution in [2.75, 3.05) is 12.0 Å². The fourth-order valence-electron chi connectivity index (χ4n) is 1.26. The highest BCUT2D eigenvalue weighted by molar-refractivity contribution is 7.98. The molecule has 0 aliphatic rings. The van der Waals surface area contributed by atoms with Crippen molar-refractivity contribution in [3.63, 3.8) is 0 Å². The molecule has 1 aromatic heterocycles. The van der Waals surface area contributed by atoms with Crippen LogP contribution in [0.5, 0.6) is 0 Å². The summed E-state index contributed by atoms with van der Waals surface area (Å²) in [6.45, 7) is 0. The second kappa shape index (κ2) is 3.75. The highest BCUT2D eigenvalue weighted by atomic mass is 32.2. The Balaban J connectivity index is 2.50. The number of thioether (sulfide) groups is 1. The van der Waals surface area contributed by atoms with Crippen LogP contribution in [0.3, 0.4) is 0 Å². The van der Waals surface area contributed by atoms with Gasteiger partial charge in [0.1, 0.15) is 0 Å². The molecule has 72 valence electrons. The van der Waals surface area contributed by atoms with Crippen molar-refractivity contribution in [3.8, 4) is 11.3 Å². The normalized spacial score (nSPS) is 10.4. The fourth-order valence-corrected chi connectivity index (χ4v) is 1.87. The lowest BCUT2D eigenvalue weighted by molar-refractivity contribution is 0.435. The van der Waals surface area contributed by atoms with Gasteiger partial charge in [-0.05, 0) is 18.4 Å². The van der Waals surface area contributed by atoms with Gasteiger partial charge in [-0.3, -0.25) is 0 Å². The Morgan fingerprint density at radius 1 is 1.36 bits per heavy atom. The summed E-state index contributed by atoms with van der Waals surface area (Å²) in [6, 6.07) is 9.72. The van der Waals surface area contributed by atoms with Crippen molar-refractivity contribution < 1.29 is 4.52 Å². The number of hydrogen-bond acceptors (Lipinski definition) is 4. The number of rotatable bonds is 2. The van der Waals surface area contributed by atoms with Gasteiger partial charge >= 0.3 is 0 Å². The SMILES string of the molecule is CSc1ccccc1-c1cc(N)no1. The van der Waals surface area contributed by atoms with Crippen molar-refractivity contribution in [1.29, 1.82) is 0 Å². The molecule has 4 heteroatoms. The largest absolute Gasteiger partial charge is 0.381 e. The molecular formula is C10H10N2OS. The first-order chi connectivity index (χ1) is 6.81. The van der Waals surface area contributed by atoms with Crippen molar-refractivity contribution in [2.45, 2.75) is 4.90 Å². The summed E-state index contributed by atoms with van der Waals surface area (Å²) in [5, 5.41) is 3.66. The van der Waals surface area contributed by atoms with Crippen molar-refractivity contribution >= 4 is 17.6 Å². The predicted molar refractivity (Wildman–Crippen MR) is 58.1 cm³/mol. The highest BCUT2D eigenvalue weighted by Gasteiger charge is 2.08. The minimum Gasteiger partial charge on any atom is -0.381 e. The standard InChI is InChI=1S/C10H10N2OS/c1-14-9-5-3-2-4-7(9)8-6-10(11)12-13-8/h2-6H,1H3,(H2,11,12). The van der Waals surface area contributed by atoms with E-state index in [9.17, 15) is 0 Å².